The molecule has 0 aromatic heterocycles. The van der Waals surface area contributed by atoms with Crippen LogP contribution in [0.5, 0.6) is 0 Å². The fraction of sp³-hybridized carbons (Fsp3) is 0.625. The second-order valence-electron chi connectivity index (χ2n) is 5.32. The zero-order valence-electron chi connectivity index (χ0n) is 12.3. The summed E-state index contributed by atoms with van der Waals surface area (Å²) in [5.41, 5.74) is 0.875. The first-order valence-electron chi connectivity index (χ1n) is 7.52. The van der Waals surface area contributed by atoms with Gasteiger partial charge >= 0.3 is 0 Å². The number of hydrogen-bond acceptors (Lipinski definition) is 2. The summed E-state index contributed by atoms with van der Waals surface area (Å²) in [5.74, 6) is -0.0532. The predicted octanol–water partition coefficient (Wildman–Crippen LogP) is 3.77. The molecule has 1 aliphatic heterocycles. The van der Waals surface area contributed by atoms with Crippen molar-refractivity contribution in [2.45, 2.75) is 38.6 Å². The summed E-state index contributed by atoms with van der Waals surface area (Å²) >= 11 is 0. The van der Waals surface area contributed by atoms with Gasteiger partial charge in [-0.2, -0.15) is 0 Å². The van der Waals surface area contributed by atoms with Gasteiger partial charge in [-0.25, -0.2) is 4.39 Å². The van der Waals surface area contributed by atoms with Gasteiger partial charge in [-0.1, -0.05) is 44.4 Å². The minimum atomic E-state index is -0.0532. The van der Waals surface area contributed by atoms with E-state index in [4.69, 9.17) is 0 Å². The molecule has 20 heavy (non-hydrogen) atoms. The molecule has 2 nitrogen and oxygen atoms in total. The van der Waals surface area contributed by atoms with Crippen molar-refractivity contribution in [3.63, 3.8) is 0 Å². The van der Waals surface area contributed by atoms with Gasteiger partial charge < -0.3 is 5.32 Å². The van der Waals surface area contributed by atoms with Gasteiger partial charge in [-0.05, 0) is 12.5 Å². The van der Waals surface area contributed by atoms with Crippen LogP contribution >= 0.6 is 12.4 Å². The number of unbranched alkanes of at least 4 members (excludes halogenated alkanes) is 2. The zero-order chi connectivity index (χ0) is 13.5. The van der Waals surface area contributed by atoms with E-state index < -0.39 is 0 Å². The molecule has 0 radical (unpaired) electrons. The lowest BCUT2D eigenvalue weighted by atomic mass is 9.97. The molecule has 0 aliphatic carbocycles. The molecule has 0 amide bonds. The Hall–Kier alpha value is -0.640. The lowest BCUT2D eigenvalue weighted by Crippen LogP contribution is -2.45. The van der Waals surface area contributed by atoms with Crippen LogP contribution in [-0.2, 0) is 0 Å². The van der Waals surface area contributed by atoms with Crippen molar-refractivity contribution in [3.8, 4) is 0 Å². The van der Waals surface area contributed by atoms with Gasteiger partial charge in [-0.15, -0.1) is 12.4 Å². The quantitative estimate of drug-likeness (QED) is 0.805. The molecule has 0 spiro atoms. The average Bonchev–Trinajstić information content (AvgIpc) is 2.46. The monoisotopic (exact) mass is 300 g/mol. The number of hydrogen-bond donors (Lipinski definition) is 1. The summed E-state index contributed by atoms with van der Waals surface area (Å²) in [6.45, 7) is 6.27. The SMILES string of the molecule is CCCCC[C@@H](c1ccccc1F)N1CCNCC1.Cl. The molecule has 1 fully saturated rings. The minimum Gasteiger partial charge on any atom is -0.314 e. The normalized spacial score (nSPS) is 17.5. The van der Waals surface area contributed by atoms with Crippen LogP contribution in [-0.4, -0.2) is 31.1 Å². The third-order valence-electron chi connectivity index (χ3n) is 3.94. The number of halogens is 2. The summed E-state index contributed by atoms with van der Waals surface area (Å²) in [5, 5.41) is 3.37. The second kappa shape index (κ2) is 9.32. The Kier molecular flexibility index (Phi) is 8.12. The number of rotatable bonds is 6. The van der Waals surface area contributed by atoms with Crippen molar-refractivity contribution in [3.05, 3.63) is 35.6 Å². The molecule has 1 saturated heterocycles. The van der Waals surface area contributed by atoms with Gasteiger partial charge in [0.25, 0.3) is 0 Å². The fourth-order valence-electron chi connectivity index (χ4n) is 2.86. The average molecular weight is 301 g/mol. The van der Waals surface area contributed by atoms with Gasteiger partial charge in [-0.3, -0.25) is 4.90 Å². The highest BCUT2D eigenvalue weighted by molar-refractivity contribution is 5.85. The molecule has 1 aliphatic rings. The molecule has 114 valence electrons. The van der Waals surface area contributed by atoms with Crippen molar-refractivity contribution < 1.29 is 4.39 Å². The number of benzene rings is 1. The Morgan fingerprint density at radius 3 is 2.55 bits per heavy atom. The van der Waals surface area contributed by atoms with Crippen LogP contribution in [0.1, 0.15) is 44.2 Å². The third kappa shape index (κ3) is 4.72. The Balaban J connectivity index is 0.00000200. The van der Waals surface area contributed by atoms with Crippen molar-refractivity contribution in [1.29, 1.82) is 0 Å². The molecule has 1 heterocycles. The Labute approximate surface area is 128 Å². The Morgan fingerprint density at radius 2 is 1.90 bits per heavy atom. The van der Waals surface area contributed by atoms with Gasteiger partial charge in [0, 0.05) is 37.8 Å². The highest BCUT2D eigenvalue weighted by Gasteiger charge is 2.23. The van der Waals surface area contributed by atoms with Crippen LogP contribution < -0.4 is 5.32 Å². The van der Waals surface area contributed by atoms with Crippen LogP contribution in [0.15, 0.2) is 24.3 Å². The van der Waals surface area contributed by atoms with E-state index in [1.54, 1.807) is 12.1 Å². The topological polar surface area (TPSA) is 15.3 Å². The molecule has 1 aromatic carbocycles. The molecule has 1 atom stereocenters. The highest BCUT2D eigenvalue weighted by Crippen LogP contribution is 2.28. The maximum atomic E-state index is 14.1. The number of piperazine rings is 1. The van der Waals surface area contributed by atoms with Crippen molar-refractivity contribution >= 4 is 12.4 Å². The van der Waals surface area contributed by atoms with E-state index in [1.807, 2.05) is 12.1 Å². The summed E-state index contributed by atoms with van der Waals surface area (Å²) in [7, 11) is 0. The first-order valence-corrected chi connectivity index (χ1v) is 7.52. The van der Waals surface area contributed by atoms with Gasteiger partial charge in [0.1, 0.15) is 5.82 Å². The summed E-state index contributed by atoms with van der Waals surface area (Å²) in [6, 6.07) is 7.51. The van der Waals surface area contributed by atoms with E-state index in [0.29, 0.717) is 0 Å². The molecular weight excluding hydrogens is 275 g/mol. The summed E-state index contributed by atoms with van der Waals surface area (Å²) in [6.07, 6.45) is 4.69. The minimum absolute atomic E-state index is 0. The zero-order valence-corrected chi connectivity index (χ0v) is 13.1. The maximum Gasteiger partial charge on any atom is 0.127 e. The molecule has 4 heteroatoms. The molecule has 0 bridgehead atoms. The first kappa shape index (κ1) is 17.4. The van der Waals surface area contributed by atoms with Crippen molar-refractivity contribution in [2.24, 2.45) is 0 Å². The van der Waals surface area contributed by atoms with Crippen LogP contribution in [0.2, 0.25) is 0 Å². The smallest absolute Gasteiger partial charge is 0.127 e. The summed E-state index contributed by atoms with van der Waals surface area (Å²) < 4.78 is 14.1. The lowest BCUT2D eigenvalue weighted by molar-refractivity contribution is 0.159. The number of nitrogens with zero attached hydrogens (tertiary/aromatic N) is 1. The van der Waals surface area contributed by atoms with E-state index >= 15 is 0 Å². The largest absolute Gasteiger partial charge is 0.314 e. The Morgan fingerprint density at radius 1 is 1.20 bits per heavy atom. The number of nitrogens with one attached hydrogen (secondary N) is 1. The molecule has 0 saturated carbocycles. The van der Waals surface area contributed by atoms with E-state index in [2.05, 4.69) is 17.1 Å². The molecule has 1 N–H and O–H groups in total. The van der Waals surface area contributed by atoms with Crippen LogP contribution in [0.3, 0.4) is 0 Å². The fourth-order valence-corrected chi connectivity index (χ4v) is 2.86. The van der Waals surface area contributed by atoms with E-state index in [1.165, 1.54) is 19.3 Å². The molecular formula is C16H26ClFN2. The van der Waals surface area contributed by atoms with Crippen LogP contribution in [0, 0.1) is 5.82 Å². The van der Waals surface area contributed by atoms with Crippen LogP contribution in [0.25, 0.3) is 0 Å². The van der Waals surface area contributed by atoms with Gasteiger partial charge in [0.15, 0.2) is 0 Å². The van der Waals surface area contributed by atoms with Crippen LogP contribution in [0.4, 0.5) is 4.39 Å². The second-order valence-corrected chi connectivity index (χ2v) is 5.32. The Bertz CT molecular complexity index is 380. The molecule has 0 unspecified atom stereocenters. The standard InChI is InChI=1S/C16H25FN2.ClH/c1-2-3-4-9-16(19-12-10-18-11-13-19)14-7-5-6-8-15(14)17;/h5-8,16,18H,2-4,9-13H2,1H3;1H/t16-;/m0./s1. The first-order chi connectivity index (χ1) is 9.33. The van der Waals surface area contributed by atoms with Crippen molar-refractivity contribution in [2.75, 3.05) is 26.2 Å². The third-order valence-corrected chi connectivity index (χ3v) is 3.94. The van der Waals surface area contributed by atoms with E-state index in [0.717, 1.165) is 38.2 Å². The van der Waals surface area contributed by atoms with E-state index in [9.17, 15) is 4.39 Å². The summed E-state index contributed by atoms with van der Waals surface area (Å²) in [4.78, 5) is 2.44. The lowest BCUT2D eigenvalue weighted by Gasteiger charge is -2.35. The predicted molar refractivity (Wildman–Crippen MR) is 85.0 cm³/mol. The maximum absolute atomic E-state index is 14.1. The van der Waals surface area contributed by atoms with Gasteiger partial charge in [0.2, 0.25) is 0 Å². The van der Waals surface area contributed by atoms with E-state index in [-0.39, 0.29) is 24.3 Å². The highest BCUT2D eigenvalue weighted by atomic mass is 35.5. The molecule has 1 aromatic rings. The van der Waals surface area contributed by atoms with Crippen molar-refractivity contribution in [1.82, 2.24) is 10.2 Å². The molecule has 2 rings (SSSR count). The van der Waals surface area contributed by atoms with Gasteiger partial charge in [0.05, 0.1) is 0 Å².